The average molecular weight is 326 g/mol. The van der Waals surface area contributed by atoms with E-state index in [0.29, 0.717) is 16.8 Å². The fraction of sp³-hybridized carbons (Fsp3) is 0.429. The van der Waals surface area contributed by atoms with Crippen LogP contribution in [0.1, 0.15) is 17.2 Å². The highest BCUT2D eigenvalue weighted by molar-refractivity contribution is 7.71. The topological polar surface area (TPSA) is 98.6 Å². The molecule has 1 aliphatic heterocycles. The number of ether oxygens (including phenoxy) is 1. The summed E-state index contributed by atoms with van der Waals surface area (Å²) in [5, 5.41) is 29.3. The van der Waals surface area contributed by atoms with Gasteiger partial charge in [-0.25, -0.2) is 9.37 Å². The molecule has 4 atom stereocenters. The summed E-state index contributed by atoms with van der Waals surface area (Å²) in [5.74, 6) is -0.441. The van der Waals surface area contributed by atoms with Crippen molar-refractivity contribution in [1.29, 1.82) is 0 Å². The first-order valence-corrected chi connectivity index (χ1v) is 7.15. The molecule has 118 valence electrons. The Bertz CT molecular complexity index is 781. The fourth-order valence-electron chi connectivity index (χ4n) is 2.60. The molecule has 4 unspecified atom stereocenters. The number of aromatic amines is 1. The lowest BCUT2D eigenvalue weighted by atomic mass is 10.0. The third-order valence-electron chi connectivity index (χ3n) is 3.87. The summed E-state index contributed by atoms with van der Waals surface area (Å²) in [5.41, 5.74) is 1.02. The molecule has 0 spiro atoms. The normalized spacial score (nSPS) is 28.4. The number of hydrogen-bond acceptors (Lipinski definition) is 6. The van der Waals surface area contributed by atoms with Crippen LogP contribution >= 0.6 is 12.2 Å². The summed E-state index contributed by atoms with van der Waals surface area (Å²) in [6, 6.07) is 1.46. The van der Waals surface area contributed by atoms with Crippen LogP contribution in [0.15, 0.2) is 12.3 Å². The number of nitrogens with one attached hydrogen (secondary N) is 1. The lowest BCUT2D eigenvalue weighted by Gasteiger charge is -2.16. The molecule has 2 aromatic heterocycles. The van der Waals surface area contributed by atoms with E-state index in [1.165, 1.54) is 12.3 Å². The van der Waals surface area contributed by atoms with Gasteiger partial charge in [0.25, 0.3) is 0 Å². The molecular formula is C14H15FN2O4S. The van der Waals surface area contributed by atoms with Gasteiger partial charge >= 0.3 is 0 Å². The van der Waals surface area contributed by atoms with Crippen LogP contribution in [-0.2, 0) is 4.74 Å². The van der Waals surface area contributed by atoms with Gasteiger partial charge in [0, 0.05) is 17.3 Å². The zero-order valence-corrected chi connectivity index (χ0v) is 12.5. The van der Waals surface area contributed by atoms with E-state index in [9.17, 15) is 14.6 Å². The summed E-state index contributed by atoms with van der Waals surface area (Å²) in [6.07, 6.45) is -2.95. The second-order valence-electron chi connectivity index (χ2n) is 5.33. The molecule has 0 bridgehead atoms. The zero-order chi connectivity index (χ0) is 16.0. The molecule has 3 heterocycles. The Kier molecular flexibility index (Phi) is 3.96. The van der Waals surface area contributed by atoms with Gasteiger partial charge in [-0.1, -0.05) is 12.2 Å². The first kappa shape index (κ1) is 15.4. The molecule has 0 aromatic carbocycles. The number of H-pyrrole nitrogens is 1. The fourth-order valence-corrected chi connectivity index (χ4v) is 2.88. The van der Waals surface area contributed by atoms with E-state index in [1.807, 2.05) is 0 Å². The van der Waals surface area contributed by atoms with E-state index in [0.717, 1.165) is 0 Å². The number of aliphatic hydroxyl groups is 3. The molecule has 6 nitrogen and oxygen atoms in total. The molecule has 22 heavy (non-hydrogen) atoms. The molecule has 3 rings (SSSR count). The first-order chi connectivity index (χ1) is 10.4. The SMILES string of the molecule is Cc1cnc2[nH]c(=S)c(C3OC(CO)C(O)C3O)cc2c1F. The first-order valence-electron chi connectivity index (χ1n) is 6.74. The number of aliphatic hydroxyl groups excluding tert-OH is 3. The monoisotopic (exact) mass is 326 g/mol. The molecule has 0 aliphatic carbocycles. The van der Waals surface area contributed by atoms with Gasteiger partial charge in [-0.3, -0.25) is 0 Å². The molecule has 0 saturated carbocycles. The van der Waals surface area contributed by atoms with Crippen LogP contribution in [0.25, 0.3) is 11.0 Å². The maximum atomic E-state index is 14.2. The Morgan fingerprint density at radius 1 is 1.41 bits per heavy atom. The molecule has 1 aliphatic rings. The van der Waals surface area contributed by atoms with Crippen LogP contribution in [-0.4, -0.2) is 50.2 Å². The van der Waals surface area contributed by atoms with E-state index in [1.54, 1.807) is 6.92 Å². The number of aromatic nitrogens is 2. The van der Waals surface area contributed by atoms with Gasteiger partial charge in [0.15, 0.2) is 0 Å². The van der Waals surface area contributed by atoms with Crippen LogP contribution in [0.3, 0.4) is 0 Å². The van der Waals surface area contributed by atoms with Crippen molar-refractivity contribution < 1.29 is 24.4 Å². The smallest absolute Gasteiger partial charge is 0.141 e. The summed E-state index contributed by atoms with van der Waals surface area (Å²) < 4.78 is 19.9. The number of nitrogens with zero attached hydrogens (tertiary/aromatic N) is 1. The van der Waals surface area contributed by atoms with Crippen molar-refractivity contribution in [2.75, 3.05) is 6.61 Å². The second-order valence-corrected chi connectivity index (χ2v) is 5.74. The summed E-state index contributed by atoms with van der Waals surface area (Å²) in [7, 11) is 0. The number of hydrogen-bond donors (Lipinski definition) is 4. The van der Waals surface area contributed by atoms with Crippen LogP contribution in [0.5, 0.6) is 0 Å². The van der Waals surface area contributed by atoms with E-state index >= 15 is 0 Å². The Balaban J connectivity index is 2.13. The minimum atomic E-state index is -1.26. The van der Waals surface area contributed by atoms with Gasteiger partial charge < -0.3 is 25.0 Å². The minimum Gasteiger partial charge on any atom is -0.394 e. The Morgan fingerprint density at radius 3 is 2.77 bits per heavy atom. The number of pyridine rings is 2. The molecule has 4 N–H and O–H groups in total. The van der Waals surface area contributed by atoms with Crippen LogP contribution in [0.2, 0.25) is 0 Å². The number of halogens is 1. The van der Waals surface area contributed by atoms with Crippen LogP contribution < -0.4 is 0 Å². The standard InChI is InChI=1S/C14H15FN2O4S/c1-5-3-16-13-6(9(5)15)2-7(14(22)17-13)12-11(20)10(19)8(4-18)21-12/h2-3,8,10-12,18-20H,4H2,1H3,(H,16,17,22). The molecule has 1 saturated heterocycles. The number of aryl methyl sites for hydroxylation is 1. The van der Waals surface area contributed by atoms with Gasteiger partial charge in [-0.15, -0.1) is 0 Å². The third-order valence-corrected chi connectivity index (χ3v) is 4.21. The van der Waals surface area contributed by atoms with Crippen molar-refractivity contribution in [3.05, 3.63) is 33.8 Å². The minimum absolute atomic E-state index is 0.223. The molecule has 8 heteroatoms. The number of rotatable bonds is 2. The molecule has 0 radical (unpaired) electrons. The molecule has 2 aromatic rings. The Labute approximate surface area is 130 Å². The lowest BCUT2D eigenvalue weighted by molar-refractivity contribution is -0.0229. The van der Waals surface area contributed by atoms with E-state index < -0.39 is 36.8 Å². The van der Waals surface area contributed by atoms with Crippen molar-refractivity contribution in [3.63, 3.8) is 0 Å². The Morgan fingerprint density at radius 2 is 2.14 bits per heavy atom. The van der Waals surface area contributed by atoms with Crippen LogP contribution in [0, 0.1) is 17.4 Å². The van der Waals surface area contributed by atoms with Gasteiger partial charge in [0.05, 0.1) is 12.0 Å². The molecule has 0 amide bonds. The van der Waals surface area contributed by atoms with Crippen molar-refractivity contribution in [2.45, 2.75) is 31.3 Å². The van der Waals surface area contributed by atoms with Gasteiger partial charge in [-0.2, -0.15) is 0 Å². The molecular weight excluding hydrogens is 311 g/mol. The predicted octanol–water partition coefficient (Wildman–Crippen LogP) is 0.894. The van der Waals surface area contributed by atoms with E-state index in [4.69, 9.17) is 22.1 Å². The maximum absolute atomic E-state index is 14.2. The average Bonchev–Trinajstić information content (AvgIpc) is 2.79. The largest absolute Gasteiger partial charge is 0.394 e. The maximum Gasteiger partial charge on any atom is 0.141 e. The van der Waals surface area contributed by atoms with Gasteiger partial charge in [0.1, 0.15) is 40.5 Å². The highest BCUT2D eigenvalue weighted by atomic mass is 32.1. The number of fused-ring (bicyclic) bond motifs is 1. The lowest BCUT2D eigenvalue weighted by Crippen LogP contribution is -2.32. The Hall–Kier alpha value is -1.45. The van der Waals surface area contributed by atoms with Gasteiger partial charge in [-0.05, 0) is 13.0 Å². The van der Waals surface area contributed by atoms with Gasteiger partial charge in [0.2, 0.25) is 0 Å². The van der Waals surface area contributed by atoms with Crippen molar-refractivity contribution in [2.24, 2.45) is 0 Å². The second kappa shape index (κ2) is 5.64. The quantitative estimate of drug-likeness (QED) is 0.612. The van der Waals surface area contributed by atoms with E-state index in [-0.39, 0.29) is 10.0 Å². The third kappa shape index (κ3) is 2.33. The summed E-state index contributed by atoms with van der Waals surface area (Å²) >= 11 is 5.21. The van der Waals surface area contributed by atoms with Crippen molar-refractivity contribution in [1.82, 2.24) is 9.97 Å². The van der Waals surface area contributed by atoms with Crippen molar-refractivity contribution in [3.8, 4) is 0 Å². The summed E-state index contributed by atoms with van der Waals surface area (Å²) in [6.45, 7) is 1.16. The molecule has 1 fully saturated rings. The summed E-state index contributed by atoms with van der Waals surface area (Å²) in [4.78, 5) is 6.88. The van der Waals surface area contributed by atoms with E-state index in [2.05, 4.69) is 9.97 Å². The highest BCUT2D eigenvalue weighted by Crippen LogP contribution is 2.35. The zero-order valence-electron chi connectivity index (χ0n) is 11.7. The van der Waals surface area contributed by atoms with Crippen molar-refractivity contribution >= 4 is 23.3 Å². The highest BCUT2D eigenvalue weighted by Gasteiger charge is 2.43. The van der Waals surface area contributed by atoms with Crippen LogP contribution in [0.4, 0.5) is 4.39 Å². The predicted molar refractivity (Wildman–Crippen MR) is 78.3 cm³/mol.